The van der Waals surface area contributed by atoms with Gasteiger partial charge in [-0.1, -0.05) is 0 Å². The van der Waals surface area contributed by atoms with Gasteiger partial charge >= 0.3 is 17.9 Å². The Bertz CT molecular complexity index is 288. The second-order valence-corrected chi connectivity index (χ2v) is 3.74. The highest BCUT2D eigenvalue weighted by Gasteiger charge is 2.64. The Morgan fingerprint density at radius 2 is 1.40 bits per heavy atom. The molecule has 1 aliphatic rings. The molecule has 6 nitrogen and oxygen atoms in total. The van der Waals surface area contributed by atoms with Crippen molar-refractivity contribution >= 4 is 17.9 Å². The van der Waals surface area contributed by atoms with Crippen LogP contribution in [0.25, 0.3) is 0 Å². The molecule has 0 aromatic carbocycles. The Labute approximate surface area is 85.8 Å². The SMILES string of the molecule is CC(C)OC(=O)C1C(C(=O)O)C1C(=O)O. The van der Waals surface area contributed by atoms with Crippen LogP contribution in [0.4, 0.5) is 0 Å². The average Bonchev–Trinajstić information content (AvgIpc) is 2.75. The summed E-state index contributed by atoms with van der Waals surface area (Å²) in [6, 6.07) is 0. The van der Waals surface area contributed by atoms with E-state index in [2.05, 4.69) is 0 Å². The number of carboxylic acid groups (broad SMARTS) is 2. The molecule has 2 N–H and O–H groups in total. The van der Waals surface area contributed by atoms with E-state index in [0.717, 1.165) is 0 Å². The van der Waals surface area contributed by atoms with E-state index in [9.17, 15) is 14.4 Å². The maximum Gasteiger partial charge on any atom is 0.311 e. The highest BCUT2D eigenvalue weighted by Crippen LogP contribution is 2.47. The minimum absolute atomic E-state index is 0.373. The molecule has 0 heterocycles. The van der Waals surface area contributed by atoms with Gasteiger partial charge in [0.05, 0.1) is 23.9 Å². The summed E-state index contributed by atoms with van der Waals surface area (Å²) in [5.41, 5.74) is 0. The molecule has 0 amide bonds. The second kappa shape index (κ2) is 3.88. The minimum atomic E-state index is -1.27. The number of esters is 1. The molecule has 0 saturated heterocycles. The first-order valence-electron chi connectivity index (χ1n) is 4.52. The summed E-state index contributed by atoms with van der Waals surface area (Å²) in [5.74, 6) is -6.61. The number of carbonyl (C=O) groups is 3. The number of aliphatic carboxylic acids is 2. The lowest BCUT2D eigenvalue weighted by Gasteiger charge is -2.06. The van der Waals surface area contributed by atoms with Gasteiger partial charge in [-0.15, -0.1) is 0 Å². The van der Waals surface area contributed by atoms with Gasteiger partial charge in [-0.2, -0.15) is 0 Å². The van der Waals surface area contributed by atoms with Crippen LogP contribution in [0.2, 0.25) is 0 Å². The number of carbonyl (C=O) groups excluding carboxylic acids is 1. The third-order valence-electron chi connectivity index (χ3n) is 2.21. The van der Waals surface area contributed by atoms with Crippen LogP contribution in [0.5, 0.6) is 0 Å². The molecule has 0 bridgehead atoms. The fourth-order valence-corrected chi connectivity index (χ4v) is 1.53. The van der Waals surface area contributed by atoms with Gasteiger partial charge in [0.25, 0.3) is 0 Å². The summed E-state index contributed by atoms with van der Waals surface area (Å²) in [7, 11) is 0. The van der Waals surface area contributed by atoms with E-state index < -0.39 is 35.7 Å². The second-order valence-electron chi connectivity index (χ2n) is 3.74. The van der Waals surface area contributed by atoms with Crippen molar-refractivity contribution in [2.75, 3.05) is 0 Å². The van der Waals surface area contributed by atoms with E-state index in [1.807, 2.05) is 0 Å². The van der Waals surface area contributed by atoms with E-state index in [1.54, 1.807) is 13.8 Å². The number of carboxylic acids is 2. The molecule has 1 saturated carbocycles. The summed E-state index contributed by atoms with van der Waals surface area (Å²) in [6.07, 6.45) is -0.373. The fraction of sp³-hybridized carbons (Fsp3) is 0.667. The third kappa shape index (κ3) is 2.26. The fourth-order valence-electron chi connectivity index (χ4n) is 1.53. The van der Waals surface area contributed by atoms with Crippen LogP contribution in [-0.4, -0.2) is 34.2 Å². The summed E-state index contributed by atoms with van der Waals surface area (Å²) in [5, 5.41) is 17.3. The van der Waals surface area contributed by atoms with Gasteiger partial charge in [-0.3, -0.25) is 14.4 Å². The molecule has 0 aromatic rings. The first kappa shape index (κ1) is 11.5. The third-order valence-corrected chi connectivity index (χ3v) is 2.21. The Hall–Kier alpha value is -1.59. The van der Waals surface area contributed by atoms with Crippen LogP contribution in [0.15, 0.2) is 0 Å². The molecule has 0 aliphatic heterocycles. The van der Waals surface area contributed by atoms with Crippen molar-refractivity contribution < 1.29 is 29.3 Å². The lowest BCUT2D eigenvalue weighted by Crippen LogP contribution is -2.16. The Balaban J connectivity index is 2.67. The average molecular weight is 216 g/mol. The Kier molecular flexibility index (Phi) is 2.97. The highest BCUT2D eigenvalue weighted by molar-refractivity contribution is 5.96. The molecule has 84 valence electrons. The van der Waals surface area contributed by atoms with Crippen molar-refractivity contribution in [3.8, 4) is 0 Å². The molecule has 2 unspecified atom stereocenters. The Morgan fingerprint density at radius 3 is 1.67 bits per heavy atom. The standard InChI is InChI=1S/C9H12O6/c1-3(2)15-9(14)6-4(7(10)11)5(6)8(12)13/h3-6H,1-2H3,(H,10,11)(H,12,13). The van der Waals surface area contributed by atoms with E-state index in [-0.39, 0.29) is 6.10 Å². The van der Waals surface area contributed by atoms with E-state index in [1.165, 1.54) is 0 Å². The first-order chi connectivity index (χ1) is 6.86. The van der Waals surface area contributed by atoms with Crippen LogP contribution in [0, 0.1) is 17.8 Å². The maximum atomic E-state index is 11.3. The normalized spacial score (nSPS) is 28.6. The summed E-state index contributed by atoms with van der Waals surface area (Å²) >= 11 is 0. The number of ether oxygens (including phenoxy) is 1. The molecule has 15 heavy (non-hydrogen) atoms. The van der Waals surface area contributed by atoms with E-state index >= 15 is 0 Å². The molecule has 0 spiro atoms. The predicted octanol–water partition coefficient (Wildman–Crippen LogP) is -0.0306. The molecule has 1 aliphatic carbocycles. The van der Waals surface area contributed by atoms with Crippen molar-refractivity contribution in [1.82, 2.24) is 0 Å². The van der Waals surface area contributed by atoms with Gasteiger partial charge in [-0.05, 0) is 13.8 Å². The van der Waals surface area contributed by atoms with Crippen LogP contribution >= 0.6 is 0 Å². The van der Waals surface area contributed by atoms with Gasteiger partial charge in [0.15, 0.2) is 0 Å². The van der Waals surface area contributed by atoms with Crippen molar-refractivity contribution in [1.29, 1.82) is 0 Å². The lowest BCUT2D eigenvalue weighted by atomic mass is 10.3. The largest absolute Gasteiger partial charge is 0.481 e. The van der Waals surface area contributed by atoms with Crippen LogP contribution in [0.1, 0.15) is 13.8 Å². The minimum Gasteiger partial charge on any atom is -0.481 e. The smallest absolute Gasteiger partial charge is 0.311 e. The Morgan fingerprint density at radius 1 is 1.00 bits per heavy atom. The maximum absolute atomic E-state index is 11.3. The molecule has 1 rings (SSSR count). The van der Waals surface area contributed by atoms with E-state index in [4.69, 9.17) is 14.9 Å². The molecule has 6 heteroatoms. The van der Waals surface area contributed by atoms with E-state index in [0.29, 0.717) is 0 Å². The predicted molar refractivity (Wildman–Crippen MR) is 47.0 cm³/mol. The number of rotatable bonds is 4. The summed E-state index contributed by atoms with van der Waals surface area (Å²) in [4.78, 5) is 32.5. The quantitative estimate of drug-likeness (QED) is 0.640. The van der Waals surface area contributed by atoms with Crippen molar-refractivity contribution in [3.63, 3.8) is 0 Å². The van der Waals surface area contributed by atoms with Crippen molar-refractivity contribution in [2.24, 2.45) is 17.8 Å². The zero-order chi connectivity index (χ0) is 11.7. The topological polar surface area (TPSA) is 101 Å². The van der Waals surface area contributed by atoms with Crippen LogP contribution in [0.3, 0.4) is 0 Å². The lowest BCUT2D eigenvalue weighted by molar-refractivity contribution is -0.152. The zero-order valence-corrected chi connectivity index (χ0v) is 8.34. The summed E-state index contributed by atoms with van der Waals surface area (Å²) in [6.45, 7) is 3.23. The van der Waals surface area contributed by atoms with Gasteiger partial charge in [0.1, 0.15) is 0 Å². The molecule has 2 atom stereocenters. The van der Waals surface area contributed by atoms with Crippen molar-refractivity contribution in [2.45, 2.75) is 20.0 Å². The van der Waals surface area contributed by atoms with Gasteiger partial charge in [0.2, 0.25) is 0 Å². The van der Waals surface area contributed by atoms with Crippen LogP contribution in [-0.2, 0) is 19.1 Å². The van der Waals surface area contributed by atoms with Gasteiger partial charge < -0.3 is 14.9 Å². The zero-order valence-electron chi connectivity index (χ0n) is 8.34. The molecule has 1 fully saturated rings. The number of hydrogen-bond donors (Lipinski definition) is 2. The molecular formula is C9H12O6. The van der Waals surface area contributed by atoms with Gasteiger partial charge in [-0.25, -0.2) is 0 Å². The van der Waals surface area contributed by atoms with Crippen LogP contribution < -0.4 is 0 Å². The highest BCUT2D eigenvalue weighted by atomic mass is 16.5. The molecule has 0 aromatic heterocycles. The van der Waals surface area contributed by atoms with Crippen molar-refractivity contribution in [3.05, 3.63) is 0 Å². The van der Waals surface area contributed by atoms with Gasteiger partial charge in [0, 0.05) is 0 Å². The molecular weight excluding hydrogens is 204 g/mol. The number of hydrogen-bond acceptors (Lipinski definition) is 4. The first-order valence-corrected chi connectivity index (χ1v) is 4.52. The summed E-state index contributed by atoms with van der Waals surface area (Å²) < 4.78 is 4.77. The molecule has 0 radical (unpaired) electrons. The monoisotopic (exact) mass is 216 g/mol.